The predicted octanol–water partition coefficient (Wildman–Crippen LogP) is 3.72. The second kappa shape index (κ2) is 4.83. The van der Waals surface area contributed by atoms with Gasteiger partial charge in [0.25, 0.3) is 0 Å². The van der Waals surface area contributed by atoms with Crippen LogP contribution >= 0.6 is 11.6 Å². The van der Waals surface area contributed by atoms with Gasteiger partial charge in [0.1, 0.15) is 16.8 Å². The second-order valence-corrected chi connectivity index (χ2v) is 4.80. The van der Waals surface area contributed by atoms with E-state index in [0.29, 0.717) is 21.7 Å². The Morgan fingerprint density at radius 1 is 1.20 bits per heavy atom. The lowest BCUT2D eigenvalue weighted by atomic mass is 10.2. The molecule has 3 nitrogen and oxygen atoms in total. The lowest BCUT2D eigenvalue weighted by molar-refractivity contribution is 0.536. The van der Waals surface area contributed by atoms with Crippen molar-refractivity contribution in [2.24, 2.45) is 0 Å². The van der Waals surface area contributed by atoms with Crippen LogP contribution in [0.3, 0.4) is 0 Å². The molecule has 0 saturated carbocycles. The lowest BCUT2D eigenvalue weighted by Crippen LogP contribution is -2.06. The molecule has 102 valence electrons. The van der Waals surface area contributed by atoms with Crippen molar-refractivity contribution in [2.75, 3.05) is 0 Å². The molecular formula is C14H10ClF2N3. The molecule has 1 aromatic carbocycles. The van der Waals surface area contributed by atoms with Crippen molar-refractivity contribution in [2.45, 2.75) is 13.5 Å². The molecule has 2 heterocycles. The fourth-order valence-corrected chi connectivity index (χ4v) is 2.51. The van der Waals surface area contributed by atoms with E-state index in [2.05, 4.69) is 10.1 Å². The molecule has 6 heteroatoms. The van der Waals surface area contributed by atoms with Crippen molar-refractivity contribution in [1.82, 2.24) is 14.8 Å². The summed E-state index contributed by atoms with van der Waals surface area (Å²) in [6.45, 7) is 1.79. The quantitative estimate of drug-likeness (QED) is 0.674. The molecule has 0 spiro atoms. The third-order valence-corrected chi connectivity index (χ3v) is 3.45. The summed E-state index contributed by atoms with van der Waals surface area (Å²) < 4.78 is 28.9. The van der Waals surface area contributed by atoms with Gasteiger partial charge in [0.15, 0.2) is 0 Å². The minimum absolute atomic E-state index is 0.00316. The smallest absolute Gasteiger partial charge is 0.140 e. The molecule has 20 heavy (non-hydrogen) atoms. The number of fused-ring (bicyclic) bond motifs is 1. The molecule has 0 fully saturated rings. The van der Waals surface area contributed by atoms with Crippen LogP contribution in [-0.2, 0) is 6.54 Å². The van der Waals surface area contributed by atoms with Gasteiger partial charge in [-0.1, -0.05) is 17.7 Å². The summed E-state index contributed by atoms with van der Waals surface area (Å²) in [5.41, 5.74) is 1.35. The number of aryl methyl sites for hydroxylation is 1. The molecular weight excluding hydrogens is 284 g/mol. The van der Waals surface area contributed by atoms with Crippen molar-refractivity contribution < 1.29 is 8.78 Å². The van der Waals surface area contributed by atoms with E-state index < -0.39 is 11.6 Å². The second-order valence-electron chi connectivity index (χ2n) is 4.44. The van der Waals surface area contributed by atoms with Crippen molar-refractivity contribution >= 4 is 22.5 Å². The van der Waals surface area contributed by atoms with Gasteiger partial charge in [-0.15, -0.1) is 0 Å². The number of hydrogen-bond donors (Lipinski definition) is 0. The zero-order chi connectivity index (χ0) is 14.3. The molecule has 0 radical (unpaired) electrons. The van der Waals surface area contributed by atoms with Gasteiger partial charge < -0.3 is 0 Å². The number of hydrogen-bond acceptors (Lipinski definition) is 2. The summed E-state index contributed by atoms with van der Waals surface area (Å²) in [5, 5.41) is 5.32. The zero-order valence-corrected chi connectivity index (χ0v) is 11.3. The molecule has 3 aromatic rings. The Bertz CT molecular complexity index is 778. The monoisotopic (exact) mass is 293 g/mol. The molecule has 0 amide bonds. The van der Waals surface area contributed by atoms with Crippen LogP contribution < -0.4 is 0 Å². The number of rotatable bonds is 2. The van der Waals surface area contributed by atoms with Crippen LogP contribution in [0.5, 0.6) is 0 Å². The highest BCUT2D eigenvalue weighted by Gasteiger charge is 2.15. The number of halogens is 3. The van der Waals surface area contributed by atoms with E-state index in [-0.39, 0.29) is 12.1 Å². The van der Waals surface area contributed by atoms with Gasteiger partial charge in [-0.2, -0.15) is 5.10 Å². The first kappa shape index (κ1) is 13.0. The van der Waals surface area contributed by atoms with Crippen LogP contribution in [0.2, 0.25) is 5.15 Å². The minimum atomic E-state index is -0.591. The van der Waals surface area contributed by atoms with Crippen LogP contribution in [0.4, 0.5) is 8.78 Å². The average Bonchev–Trinajstić information content (AvgIpc) is 2.72. The lowest BCUT2D eigenvalue weighted by Gasteiger charge is -2.06. The van der Waals surface area contributed by atoms with E-state index in [1.54, 1.807) is 19.2 Å². The third kappa shape index (κ3) is 2.04. The van der Waals surface area contributed by atoms with Crippen LogP contribution in [0.1, 0.15) is 11.3 Å². The van der Waals surface area contributed by atoms with E-state index >= 15 is 0 Å². The standard InChI is InChI=1S/C14H10ClF2N3/c1-8-13-12(5-6-18-14(13)15)20(19-8)7-9-10(16)3-2-4-11(9)17/h2-6H,7H2,1H3. The third-order valence-electron chi connectivity index (χ3n) is 3.16. The van der Waals surface area contributed by atoms with Gasteiger partial charge in [0, 0.05) is 11.8 Å². The number of pyridine rings is 1. The van der Waals surface area contributed by atoms with Gasteiger partial charge in [0.2, 0.25) is 0 Å². The maximum atomic E-state index is 13.7. The van der Waals surface area contributed by atoms with E-state index in [1.807, 2.05) is 0 Å². The topological polar surface area (TPSA) is 30.7 Å². The number of benzene rings is 1. The number of aromatic nitrogens is 3. The first-order chi connectivity index (χ1) is 9.58. The molecule has 2 aromatic heterocycles. The van der Waals surface area contributed by atoms with E-state index in [4.69, 9.17) is 11.6 Å². The van der Waals surface area contributed by atoms with Crippen molar-refractivity contribution in [1.29, 1.82) is 0 Å². The average molecular weight is 294 g/mol. The van der Waals surface area contributed by atoms with Gasteiger partial charge >= 0.3 is 0 Å². The highest BCUT2D eigenvalue weighted by Crippen LogP contribution is 2.25. The molecule has 0 bridgehead atoms. The van der Waals surface area contributed by atoms with Gasteiger partial charge in [-0.3, -0.25) is 4.68 Å². The van der Waals surface area contributed by atoms with Gasteiger partial charge in [-0.05, 0) is 25.1 Å². The predicted molar refractivity (Wildman–Crippen MR) is 72.7 cm³/mol. The molecule has 3 rings (SSSR count). The van der Waals surface area contributed by atoms with Crippen molar-refractivity contribution in [3.8, 4) is 0 Å². The minimum Gasteiger partial charge on any atom is -0.260 e. The van der Waals surface area contributed by atoms with Gasteiger partial charge in [0.05, 0.1) is 23.1 Å². The van der Waals surface area contributed by atoms with Crippen LogP contribution in [0.15, 0.2) is 30.5 Å². The van der Waals surface area contributed by atoms with Crippen LogP contribution in [-0.4, -0.2) is 14.8 Å². The summed E-state index contributed by atoms with van der Waals surface area (Å²) in [4.78, 5) is 3.99. The fourth-order valence-electron chi connectivity index (χ4n) is 2.22. The summed E-state index contributed by atoms with van der Waals surface area (Å²) in [6, 6.07) is 5.51. The SMILES string of the molecule is Cc1nn(Cc2c(F)cccc2F)c2ccnc(Cl)c12. The van der Waals surface area contributed by atoms with Crippen LogP contribution in [0, 0.1) is 18.6 Å². The Morgan fingerprint density at radius 3 is 2.60 bits per heavy atom. The Hall–Kier alpha value is -2.01. The van der Waals surface area contributed by atoms with E-state index in [0.717, 1.165) is 0 Å². The normalized spacial score (nSPS) is 11.2. The summed E-state index contributed by atoms with van der Waals surface area (Å²) >= 11 is 6.03. The van der Waals surface area contributed by atoms with Gasteiger partial charge in [-0.25, -0.2) is 13.8 Å². The highest BCUT2D eigenvalue weighted by molar-refractivity contribution is 6.34. The molecule has 0 unspecified atom stereocenters. The number of nitrogens with zero attached hydrogens (tertiary/aromatic N) is 3. The fraction of sp³-hybridized carbons (Fsp3) is 0.143. The maximum absolute atomic E-state index is 13.7. The van der Waals surface area contributed by atoms with E-state index in [9.17, 15) is 8.78 Å². The molecule has 0 aliphatic rings. The largest absolute Gasteiger partial charge is 0.260 e. The summed E-state index contributed by atoms with van der Waals surface area (Å²) in [7, 11) is 0. The molecule has 0 aliphatic heterocycles. The Kier molecular flexibility index (Phi) is 3.14. The molecule has 0 saturated heterocycles. The van der Waals surface area contributed by atoms with Crippen LogP contribution in [0.25, 0.3) is 10.9 Å². The first-order valence-corrected chi connectivity index (χ1v) is 6.36. The Morgan fingerprint density at radius 2 is 1.90 bits per heavy atom. The Balaban J connectivity index is 2.15. The Labute approximate surface area is 118 Å². The molecule has 0 N–H and O–H groups in total. The summed E-state index contributed by atoms with van der Waals surface area (Å²) in [5.74, 6) is -1.18. The zero-order valence-electron chi connectivity index (χ0n) is 10.6. The van der Waals surface area contributed by atoms with Crippen molar-refractivity contribution in [3.63, 3.8) is 0 Å². The highest BCUT2D eigenvalue weighted by atomic mass is 35.5. The molecule has 0 atom stereocenters. The van der Waals surface area contributed by atoms with E-state index in [1.165, 1.54) is 22.9 Å². The molecule has 0 aliphatic carbocycles. The first-order valence-electron chi connectivity index (χ1n) is 5.98. The maximum Gasteiger partial charge on any atom is 0.140 e. The summed E-state index contributed by atoms with van der Waals surface area (Å²) in [6.07, 6.45) is 1.54. The van der Waals surface area contributed by atoms with Crippen molar-refractivity contribution in [3.05, 3.63) is 58.5 Å².